The molecular formula is C14H25NO. The molecule has 0 aromatic rings. The number of rotatable bonds is 1. The van der Waals surface area contributed by atoms with Crippen molar-refractivity contribution in [1.29, 1.82) is 0 Å². The molecule has 0 aromatic carbocycles. The zero-order valence-electron chi connectivity index (χ0n) is 10.5. The summed E-state index contributed by atoms with van der Waals surface area (Å²) in [5, 5.41) is 11.0. The van der Waals surface area contributed by atoms with Crippen molar-refractivity contribution in [3.63, 3.8) is 0 Å². The second-order valence-corrected chi connectivity index (χ2v) is 6.40. The molecule has 0 amide bonds. The normalized spacial score (nSPS) is 46.1. The second kappa shape index (κ2) is 3.99. The van der Waals surface area contributed by atoms with Crippen LogP contribution in [-0.4, -0.2) is 34.7 Å². The summed E-state index contributed by atoms with van der Waals surface area (Å²) in [5.41, 5.74) is -0.307. The van der Waals surface area contributed by atoms with E-state index >= 15 is 0 Å². The first-order valence-corrected chi connectivity index (χ1v) is 7.13. The van der Waals surface area contributed by atoms with Gasteiger partial charge in [0.2, 0.25) is 0 Å². The van der Waals surface area contributed by atoms with Crippen LogP contribution in [0.5, 0.6) is 0 Å². The van der Waals surface area contributed by atoms with Gasteiger partial charge in [0.05, 0.1) is 5.60 Å². The Hall–Kier alpha value is -0.0800. The number of aliphatic hydroxyl groups is 1. The third-order valence-electron chi connectivity index (χ3n) is 5.52. The molecule has 1 aliphatic carbocycles. The highest BCUT2D eigenvalue weighted by Crippen LogP contribution is 2.46. The van der Waals surface area contributed by atoms with Gasteiger partial charge < -0.3 is 10.0 Å². The van der Waals surface area contributed by atoms with Gasteiger partial charge in [-0.1, -0.05) is 19.3 Å². The molecule has 0 radical (unpaired) electrons. The molecule has 16 heavy (non-hydrogen) atoms. The van der Waals surface area contributed by atoms with E-state index in [0.29, 0.717) is 18.0 Å². The van der Waals surface area contributed by atoms with E-state index in [1.54, 1.807) is 0 Å². The predicted molar refractivity (Wildman–Crippen MR) is 65.3 cm³/mol. The van der Waals surface area contributed by atoms with Crippen molar-refractivity contribution >= 4 is 0 Å². The van der Waals surface area contributed by atoms with Crippen LogP contribution in [0.2, 0.25) is 0 Å². The van der Waals surface area contributed by atoms with Crippen LogP contribution in [0.3, 0.4) is 0 Å². The van der Waals surface area contributed by atoms with Gasteiger partial charge in [0.1, 0.15) is 0 Å². The van der Waals surface area contributed by atoms with Gasteiger partial charge in [-0.3, -0.25) is 0 Å². The molecule has 2 bridgehead atoms. The molecule has 2 aliphatic heterocycles. The number of hydrogen-bond donors (Lipinski definition) is 1. The van der Waals surface area contributed by atoms with Gasteiger partial charge >= 0.3 is 0 Å². The van der Waals surface area contributed by atoms with Gasteiger partial charge in [-0.05, 0) is 51.5 Å². The van der Waals surface area contributed by atoms with Crippen molar-refractivity contribution in [2.75, 3.05) is 7.05 Å². The lowest BCUT2D eigenvalue weighted by molar-refractivity contribution is -0.114. The summed E-state index contributed by atoms with van der Waals surface area (Å²) in [7, 11) is 2.27. The molecule has 1 saturated carbocycles. The Bertz CT molecular complexity index is 245. The standard InChI is InChI=1S/C14H25NO/c1-15-12-7-4-8-13(15)10-14(16,9-12)11-5-2-3-6-11/h11-13,16H,2-10H2,1H3. The number of piperidine rings is 2. The minimum Gasteiger partial charge on any atom is -0.389 e. The molecule has 92 valence electrons. The summed E-state index contributed by atoms with van der Waals surface area (Å²) in [6.45, 7) is 0. The average molecular weight is 223 g/mol. The van der Waals surface area contributed by atoms with Crippen molar-refractivity contribution in [3.05, 3.63) is 0 Å². The molecule has 3 aliphatic rings. The molecule has 2 saturated heterocycles. The Balaban J connectivity index is 1.77. The lowest BCUT2D eigenvalue weighted by Gasteiger charge is -2.52. The van der Waals surface area contributed by atoms with E-state index in [0.717, 1.165) is 12.8 Å². The zero-order chi connectivity index (χ0) is 11.2. The van der Waals surface area contributed by atoms with Crippen LogP contribution in [0.1, 0.15) is 57.8 Å². The lowest BCUT2D eigenvalue weighted by atomic mass is 9.69. The molecule has 3 fully saturated rings. The average Bonchev–Trinajstić information content (AvgIpc) is 2.74. The molecule has 0 aromatic heterocycles. The van der Waals surface area contributed by atoms with E-state index in [1.807, 2.05) is 0 Å². The monoisotopic (exact) mass is 223 g/mol. The fourth-order valence-corrected chi connectivity index (χ4v) is 4.48. The number of hydrogen-bond acceptors (Lipinski definition) is 2. The Morgan fingerprint density at radius 1 is 0.938 bits per heavy atom. The molecule has 1 N–H and O–H groups in total. The molecule has 3 rings (SSSR count). The Morgan fingerprint density at radius 3 is 2.06 bits per heavy atom. The quantitative estimate of drug-likeness (QED) is 0.738. The Labute approximate surface area is 99.0 Å². The summed E-state index contributed by atoms with van der Waals surface area (Å²) >= 11 is 0. The van der Waals surface area contributed by atoms with Crippen LogP contribution < -0.4 is 0 Å². The fraction of sp³-hybridized carbons (Fsp3) is 1.00. The van der Waals surface area contributed by atoms with Crippen LogP contribution in [0.15, 0.2) is 0 Å². The van der Waals surface area contributed by atoms with Gasteiger partial charge in [-0.2, -0.15) is 0 Å². The van der Waals surface area contributed by atoms with Crippen LogP contribution >= 0.6 is 0 Å². The highest BCUT2D eigenvalue weighted by molar-refractivity contribution is 5.02. The maximum Gasteiger partial charge on any atom is 0.0705 e. The lowest BCUT2D eigenvalue weighted by Crippen LogP contribution is -2.58. The van der Waals surface area contributed by atoms with Crippen molar-refractivity contribution in [1.82, 2.24) is 4.90 Å². The molecule has 2 atom stereocenters. The van der Waals surface area contributed by atoms with Crippen LogP contribution in [0.4, 0.5) is 0 Å². The number of fused-ring (bicyclic) bond motifs is 2. The first-order chi connectivity index (χ1) is 7.69. The molecule has 2 heterocycles. The van der Waals surface area contributed by atoms with Crippen molar-refractivity contribution in [2.45, 2.75) is 75.5 Å². The first kappa shape index (κ1) is 11.0. The predicted octanol–water partition coefficient (Wildman–Crippen LogP) is 2.55. The summed E-state index contributed by atoms with van der Waals surface area (Å²) in [4.78, 5) is 2.55. The van der Waals surface area contributed by atoms with Gasteiger partial charge in [0.15, 0.2) is 0 Å². The summed E-state index contributed by atoms with van der Waals surface area (Å²) < 4.78 is 0. The molecule has 0 spiro atoms. The smallest absolute Gasteiger partial charge is 0.0705 e. The van der Waals surface area contributed by atoms with Gasteiger partial charge in [0.25, 0.3) is 0 Å². The van der Waals surface area contributed by atoms with E-state index in [-0.39, 0.29) is 5.60 Å². The van der Waals surface area contributed by atoms with Crippen LogP contribution in [0.25, 0.3) is 0 Å². The molecular weight excluding hydrogens is 198 g/mol. The Kier molecular flexibility index (Phi) is 2.75. The van der Waals surface area contributed by atoms with Gasteiger partial charge in [-0.25, -0.2) is 0 Å². The SMILES string of the molecule is CN1C2CCCC1CC(O)(C1CCCC1)C2. The first-order valence-electron chi connectivity index (χ1n) is 7.13. The maximum atomic E-state index is 11.0. The van der Waals surface area contributed by atoms with E-state index < -0.39 is 0 Å². The van der Waals surface area contributed by atoms with Crippen molar-refractivity contribution in [3.8, 4) is 0 Å². The maximum absolute atomic E-state index is 11.0. The molecule has 2 nitrogen and oxygen atoms in total. The van der Waals surface area contributed by atoms with Gasteiger partial charge in [0, 0.05) is 12.1 Å². The van der Waals surface area contributed by atoms with Crippen LogP contribution in [-0.2, 0) is 0 Å². The van der Waals surface area contributed by atoms with Crippen molar-refractivity contribution < 1.29 is 5.11 Å². The fourth-order valence-electron chi connectivity index (χ4n) is 4.48. The highest BCUT2D eigenvalue weighted by Gasteiger charge is 2.48. The van der Waals surface area contributed by atoms with E-state index in [2.05, 4.69) is 11.9 Å². The molecule has 2 unspecified atom stereocenters. The van der Waals surface area contributed by atoms with Crippen molar-refractivity contribution in [2.24, 2.45) is 5.92 Å². The Morgan fingerprint density at radius 2 is 1.50 bits per heavy atom. The van der Waals surface area contributed by atoms with E-state index in [9.17, 15) is 5.11 Å². The van der Waals surface area contributed by atoms with Crippen LogP contribution in [0, 0.1) is 5.92 Å². The second-order valence-electron chi connectivity index (χ2n) is 6.40. The minimum atomic E-state index is -0.307. The topological polar surface area (TPSA) is 23.5 Å². The van der Waals surface area contributed by atoms with E-state index in [4.69, 9.17) is 0 Å². The highest BCUT2D eigenvalue weighted by atomic mass is 16.3. The zero-order valence-corrected chi connectivity index (χ0v) is 10.5. The number of nitrogens with zero attached hydrogens (tertiary/aromatic N) is 1. The third kappa shape index (κ3) is 1.70. The molecule has 2 heteroatoms. The van der Waals surface area contributed by atoms with Gasteiger partial charge in [-0.15, -0.1) is 0 Å². The minimum absolute atomic E-state index is 0.307. The largest absolute Gasteiger partial charge is 0.389 e. The van der Waals surface area contributed by atoms with E-state index in [1.165, 1.54) is 44.9 Å². The third-order valence-corrected chi connectivity index (χ3v) is 5.52. The summed E-state index contributed by atoms with van der Waals surface area (Å²) in [5.74, 6) is 0.615. The summed E-state index contributed by atoms with van der Waals surface area (Å²) in [6.07, 6.45) is 11.3. The summed E-state index contributed by atoms with van der Waals surface area (Å²) in [6, 6.07) is 1.33.